The molecule has 0 aromatic heterocycles. The molecule has 0 unspecified atom stereocenters. The monoisotopic (exact) mass is 339 g/mol. The third-order valence-corrected chi connectivity index (χ3v) is 5.71. The zero-order chi connectivity index (χ0) is 16.5. The lowest BCUT2D eigenvalue weighted by Crippen LogP contribution is -2.14. The van der Waals surface area contributed by atoms with Crippen LogP contribution in [0.15, 0.2) is 52.3 Å². The minimum Gasteiger partial charge on any atom is -0.279 e. The maximum absolute atomic E-state index is 12.4. The molecule has 1 N–H and O–H groups in total. The Balaban J connectivity index is 2.37. The second-order valence-electron chi connectivity index (χ2n) is 5.17. The van der Waals surface area contributed by atoms with Crippen LogP contribution < -0.4 is 4.72 Å². The fraction of sp³-hybridized carbons (Fsp3) is 0.200. The Hall–Kier alpha value is -1.86. The predicted octanol–water partition coefficient (Wildman–Crippen LogP) is 2.51. The van der Waals surface area contributed by atoms with Gasteiger partial charge < -0.3 is 0 Å². The lowest BCUT2D eigenvalue weighted by molar-refractivity contribution is 0.597. The van der Waals surface area contributed by atoms with E-state index in [0.29, 0.717) is 5.69 Å². The first-order chi connectivity index (χ1) is 10.1. The normalized spacial score (nSPS) is 12.1. The van der Waals surface area contributed by atoms with Crippen molar-refractivity contribution in [3.63, 3.8) is 0 Å². The molecule has 0 radical (unpaired) electrons. The number of hydrogen-bond acceptors (Lipinski definition) is 4. The molecule has 0 spiro atoms. The third kappa shape index (κ3) is 3.66. The van der Waals surface area contributed by atoms with Crippen molar-refractivity contribution < 1.29 is 16.8 Å². The topological polar surface area (TPSA) is 80.3 Å². The van der Waals surface area contributed by atoms with Crippen LogP contribution in [0.2, 0.25) is 0 Å². The molecule has 0 amide bonds. The smallest absolute Gasteiger partial charge is 0.261 e. The molecule has 118 valence electrons. The van der Waals surface area contributed by atoms with Gasteiger partial charge in [-0.25, -0.2) is 16.8 Å². The number of nitrogens with one attached hydrogen (secondary N) is 1. The maximum Gasteiger partial charge on any atom is 0.261 e. The number of sulfonamides is 1. The molecule has 0 saturated carbocycles. The standard InChI is InChI=1S/C15H17NO4S2/c1-11-4-5-12(2)15(10-11)16-22(19,20)14-8-6-13(7-9-14)21(3,17)18/h4-10,16H,1-3H3. The summed E-state index contributed by atoms with van der Waals surface area (Å²) in [5.41, 5.74) is 2.25. The summed E-state index contributed by atoms with van der Waals surface area (Å²) in [6, 6.07) is 10.6. The molecule has 5 nitrogen and oxygen atoms in total. The average molecular weight is 339 g/mol. The van der Waals surface area contributed by atoms with E-state index in [0.717, 1.165) is 17.4 Å². The molecule has 2 aromatic carbocycles. The fourth-order valence-electron chi connectivity index (χ4n) is 1.92. The summed E-state index contributed by atoms with van der Waals surface area (Å²) in [4.78, 5) is 0.0963. The SMILES string of the molecule is Cc1ccc(C)c(NS(=O)(=O)c2ccc(S(C)(=O)=O)cc2)c1. The summed E-state index contributed by atoms with van der Waals surface area (Å²) in [5.74, 6) is 0. The van der Waals surface area contributed by atoms with Gasteiger partial charge in [-0.05, 0) is 55.3 Å². The van der Waals surface area contributed by atoms with Crippen LogP contribution in [-0.2, 0) is 19.9 Å². The number of benzene rings is 2. The summed E-state index contributed by atoms with van der Waals surface area (Å²) < 4.78 is 50.1. The van der Waals surface area contributed by atoms with Gasteiger partial charge in [-0.15, -0.1) is 0 Å². The second kappa shape index (κ2) is 5.73. The highest BCUT2D eigenvalue weighted by atomic mass is 32.2. The van der Waals surface area contributed by atoms with Crippen molar-refractivity contribution in [2.75, 3.05) is 11.0 Å². The van der Waals surface area contributed by atoms with Gasteiger partial charge in [0.25, 0.3) is 10.0 Å². The van der Waals surface area contributed by atoms with Gasteiger partial charge in [0, 0.05) is 6.26 Å². The molecule has 0 aliphatic heterocycles. The van der Waals surface area contributed by atoms with Crippen LogP contribution in [-0.4, -0.2) is 23.1 Å². The van der Waals surface area contributed by atoms with E-state index in [-0.39, 0.29) is 9.79 Å². The molecule has 7 heteroatoms. The minimum atomic E-state index is -3.76. The van der Waals surface area contributed by atoms with Crippen molar-refractivity contribution in [1.29, 1.82) is 0 Å². The lowest BCUT2D eigenvalue weighted by atomic mass is 10.1. The Labute approximate surface area is 131 Å². The first-order valence-corrected chi connectivity index (χ1v) is 9.87. The molecule has 2 rings (SSSR count). The van der Waals surface area contributed by atoms with Crippen LogP contribution in [0.1, 0.15) is 11.1 Å². The van der Waals surface area contributed by atoms with Gasteiger partial charge in [0.2, 0.25) is 0 Å². The molecule has 0 heterocycles. The van der Waals surface area contributed by atoms with Gasteiger partial charge in [0.15, 0.2) is 9.84 Å². The van der Waals surface area contributed by atoms with Crippen LogP contribution in [0.5, 0.6) is 0 Å². The van der Waals surface area contributed by atoms with E-state index < -0.39 is 19.9 Å². The second-order valence-corrected chi connectivity index (χ2v) is 8.87. The molecule has 0 bridgehead atoms. The zero-order valence-electron chi connectivity index (χ0n) is 12.5. The van der Waals surface area contributed by atoms with E-state index in [2.05, 4.69) is 4.72 Å². The Bertz CT molecular complexity index is 899. The molecule has 0 aliphatic rings. The largest absolute Gasteiger partial charge is 0.279 e. The van der Waals surface area contributed by atoms with E-state index in [1.54, 1.807) is 6.07 Å². The zero-order valence-corrected chi connectivity index (χ0v) is 14.1. The quantitative estimate of drug-likeness (QED) is 0.928. The number of aryl methyl sites for hydroxylation is 2. The predicted molar refractivity (Wildman–Crippen MR) is 86.3 cm³/mol. The minimum absolute atomic E-state index is 0.0146. The molecule has 0 saturated heterocycles. The van der Waals surface area contributed by atoms with E-state index in [9.17, 15) is 16.8 Å². The van der Waals surface area contributed by atoms with Gasteiger partial charge in [0.1, 0.15) is 0 Å². The number of sulfone groups is 1. The van der Waals surface area contributed by atoms with Gasteiger partial charge in [0.05, 0.1) is 15.5 Å². The molecular formula is C15H17NO4S2. The first-order valence-electron chi connectivity index (χ1n) is 6.50. The van der Waals surface area contributed by atoms with Crippen molar-refractivity contribution in [1.82, 2.24) is 0 Å². The van der Waals surface area contributed by atoms with Crippen molar-refractivity contribution in [3.8, 4) is 0 Å². The van der Waals surface area contributed by atoms with Crippen molar-refractivity contribution in [2.24, 2.45) is 0 Å². The van der Waals surface area contributed by atoms with E-state index in [1.807, 2.05) is 26.0 Å². The summed E-state index contributed by atoms with van der Waals surface area (Å²) in [6.45, 7) is 3.68. The number of anilines is 1. The lowest BCUT2D eigenvalue weighted by Gasteiger charge is -2.11. The van der Waals surface area contributed by atoms with Crippen LogP contribution in [0, 0.1) is 13.8 Å². The number of rotatable bonds is 4. The Morgan fingerprint density at radius 2 is 1.36 bits per heavy atom. The summed E-state index contributed by atoms with van der Waals surface area (Å²) in [5, 5.41) is 0. The highest BCUT2D eigenvalue weighted by Gasteiger charge is 2.16. The van der Waals surface area contributed by atoms with Crippen LogP contribution in [0.25, 0.3) is 0 Å². The number of hydrogen-bond donors (Lipinski definition) is 1. The molecular weight excluding hydrogens is 322 g/mol. The van der Waals surface area contributed by atoms with Crippen molar-refractivity contribution in [3.05, 3.63) is 53.6 Å². The summed E-state index contributed by atoms with van der Waals surface area (Å²) in [7, 11) is -7.11. The van der Waals surface area contributed by atoms with Gasteiger partial charge >= 0.3 is 0 Å². The Morgan fingerprint density at radius 3 is 1.91 bits per heavy atom. The molecule has 22 heavy (non-hydrogen) atoms. The van der Waals surface area contributed by atoms with Crippen LogP contribution >= 0.6 is 0 Å². The Kier molecular flexibility index (Phi) is 4.30. The third-order valence-electron chi connectivity index (χ3n) is 3.20. The van der Waals surface area contributed by atoms with E-state index in [4.69, 9.17) is 0 Å². The molecule has 0 atom stereocenters. The summed E-state index contributed by atoms with van der Waals surface area (Å²) in [6.07, 6.45) is 1.07. The van der Waals surface area contributed by atoms with Crippen LogP contribution in [0.4, 0.5) is 5.69 Å². The van der Waals surface area contributed by atoms with E-state index >= 15 is 0 Å². The first kappa shape index (κ1) is 16.5. The average Bonchev–Trinajstić information content (AvgIpc) is 2.42. The van der Waals surface area contributed by atoms with Crippen molar-refractivity contribution in [2.45, 2.75) is 23.6 Å². The molecule has 0 aliphatic carbocycles. The van der Waals surface area contributed by atoms with Gasteiger partial charge in [-0.1, -0.05) is 12.1 Å². The maximum atomic E-state index is 12.4. The van der Waals surface area contributed by atoms with E-state index in [1.165, 1.54) is 24.3 Å². The summed E-state index contributed by atoms with van der Waals surface area (Å²) >= 11 is 0. The Morgan fingerprint density at radius 1 is 0.818 bits per heavy atom. The fourth-order valence-corrected chi connectivity index (χ4v) is 3.67. The van der Waals surface area contributed by atoms with Gasteiger partial charge in [-0.2, -0.15) is 0 Å². The highest BCUT2D eigenvalue weighted by Crippen LogP contribution is 2.22. The molecule has 0 fully saturated rings. The highest BCUT2D eigenvalue weighted by molar-refractivity contribution is 7.92. The molecule has 2 aromatic rings. The van der Waals surface area contributed by atoms with Gasteiger partial charge in [-0.3, -0.25) is 4.72 Å². The van der Waals surface area contributed by atoms with Crippen molar-refractivity contribution >= 4 is 25.5 Å². The van der Waals surface area contributed by atoms with Crippen LogP contribution in [0.3, 0.4) is 0 Å².